The van der Waals surface area contributed by atoms with Crippen LogP contribution in [0.25, 0.3) is 0 Å². The lowest BCUT2D eigenvalue weighted by Gasteiger charge is -2.40. The number of hydrogen-bond acceptors (Lipinski definition) is 5. The summed E-state index contributed by atoms with van der Waals surface area (Å²) in [7, 11) is 0. The minimum atomic E-state index is 0.0515. The van der Waals surface area contributed by atoms with Crippen molar-refractivity contribution in [3.05, 3.63) is 23.0 Å². The largest absolute Gasteiger partial charge is 0.374 e. The van der Waals surface area contributed by atoms with Crippen molar-refractivity contribution in [1.29, 1.82) is 0 Å². The van der Waals surface area contributed by atoms with E-state index in [4.69, 9.17) is 10.5 Å². The molecule has 0 aliphatic carbocycles. The molecule has 2 aliphatic rings. The molecule has 1 aromatic rings. The monoisotopic (exact) mass is 293 g/mol. The SMILES string of the molecule is Cc1cc(C(N)C2CCOC3(CCSC3)C2)c(C)nn1. The minimum Gasteiger partial charge on any atom is -0.374 e. The highest BCUT2D eigenvalue weighted by Crippen LogP contribution is 2.43. The fourth-order valence-electron chi connectivity index (χ4n) is 3.40. The second-order valence-corrected chi connectivity index (χ2v) is 7.24. The predicted octanol–water partition coefficient (Wildman–Crippen LogP) is 2.40. The zero-order valence-electron chi connectivity index (χ0n) is 12.3. The summed E-state index contributed by atoms with van der Waals surface area (Å²) in [6.45, 7) is 4.82. The molecule has 1 aromatic heterocycles. The Labute approximate surface area is 124 Å². The maximum absolute atomic E-state index is 6.56. The standard InChI is InChI=1S/C15H23N3OS/c1-10-7-13(11(2)18-17-10)14(16)12-3-5-19-15(8-12)4-6-20-9-15/h7,12,14H,3-6,8-9,16H2,1-2H3. The predicted molar refractivity (Wildman–Crippen MR) is 81.8 cm³/mol. The number of aryl methyl sites for hydroxylation is 2. The Hall–Kier alpha value is -0.650. The molecule has 1 spiro atoms. The van der Waals surface area contributed by atoms with E-state index in [0.29, 0.717) is 5.92 Å². The number of aromatic nitrogens is 2. The topological polar surface area (TPSA) is 61.0 Å². The van der Waals surface area contributed by atoms with Crippen LogP contribution >= 0.6 is 11.8 Å². The lowest BCUT2D eigenvalue weighted by atomic mass is 9.79. The van der Waals surface area contributed by atoms with Crippen LogP contribution in [0, 0.1) is 19.8 Å². The van der Waals surface area contributed by atoms with Gasteiger partial charge in [-0.15, -0.1) is 0 Å². The summed E-state index contributed by atoms with van der Waals surface area (Å²) >= 11 is 2.01. The van der Waals surface area contributed by atoms with Gasteiger partial charge in [0.2, 0.25) is 0 Å². The zero-order valence-corrected chi connectivity index (χ0v) is 13.1. The molecule has 0 saturated carbocycles. The maximum atomic E-state index is 6.56. The van der Waals surface area contributed by atoms with Crippen LogP contribution in [0.15, 0.2) is 6.07 Å². The molecule has 2 aliphatic heterocycles. The minimum absolute atomic E-state index is 0.0515. The van der Waals surface area contributed by atoms with Crippen LogP contribution in [-0.2, 0) is 4.74 Å². The molecule has 3 atom stereocenters. The van der Waals surface area contributed by atoms with Crippen molar-refractivity contribution in [3.8, 4) is 0 Å². The van der Waals surface area contributed by atoms with E-state index < -0.39 is 0 Å². The Morgan fingerprint density at radius 3 is 3.05 bits per heavy atom. The molecule has 3 rings (SSSR count). The van der Waals surface area contributed by atoms with Gasteiger partial charge in [0.05, 0.1) is 17.0 Å². The number of nitrogens with zero attached hydrogens (tertiary/aromatic N) is 2. The quantitative estimate of drug-likeness (QED) is 0.907. The summed E-state index contributed by atoms with van der Waals surface area (Å²) in [6.07, 6.45) is 3.31. The number of rotatable bonds is 2. The van der Waals surface area contributed by atoms with Gasteiger partial charge in [0, 0.05) is 18.4 Å². The molecule has 20 heavy (non-hydrogen) atoms. The third kappa shape index (κ3) is 2.71. The van der Waals surface area contributed by atoms with E-state index in [2.05, 4.69) is 16.3 Å². The zero-order chi connectivity index (χ0) is 14.2. The molecule has 3 heterocycles. The van der Waals surface area contributed by atoms with Crippen molar-refractivity contribution in [3.63, 3.8) is 0 Å². The van der Waals surface area contributed by atoms with Gasteiger partial charge in [-0.25, -0.2) is 0 Å². The van der Waals surface area contributed by atoms with Crippen LogP contribution in [-0.4, -0.2) is 33.9 Å². The van der Waals surface area contributed by atoms with E-state index in [1.54, 1.807) is 0 Å². The van der Waals surface area contributed by atoms with Gasteiger partial charge >= 0.3 is 0 Å². The van der Waals surface area contributed by atoms with Crippen LogP contribution in [0.1, 0.15) is 42.3 Å². The lowest BCUT2D eigenvalue weighted by molar-refractivity contribution is -0.0834. The van der Waals surface area contributed by atoms with Crippen LogP contribution in [0.5, 0.6) is 0 Å². The molecule has 0 radical (unpaired) electrons. The number of hydrogen-bond donors (Lipinski definition) is 1. The second kappa shape index (κ2) is 5.62. The second-order valence-electron chi connectivity index (χ2n) is 6.14. The molecule has 2 N–H and O–H groups in total. The molecule has 0 amide bonds. The van der Waals surface area contributed by atoms with Gasteiger partial charge in [-0.2, -0.15) is 22.0 Å². The molecule has 2 fully saturated rings. The van der Waals surface area contributed by atoms with Gasteiger partial charge in [-0.05, 0) is 56.4 Å². The molecular formula is C15H23N3OS. The summed E-state index contributed by atoms with van der Waals surface area (Å²) in [5, 5.41) is 8.32. The van der Waals surface area contributed by atoms with Crippen LogP contribution in [0.3, 0.4) is 0 Å². The highest BCUT2D eigenvalue weighted by molar-refractivity contribution is 7.99. The van der Waals surface area contributed by atoms with E-state index >= 15 is 0 Å². The van der Waals surface area contributed by atoms with Gasteiger partial charge in [0.15, 0.2) is 0 Å². The first-order chi connectivity index (χ1) is 9.60. The molecule has 4 nitrogen and oxygen atoms in total. The molecule has 0 aromatic carbocycles. The first-order valence-electron chi connectivity index (χ1n) is 7.38. The number of ether oxygens (including phenoxy) is 1. The van der Waals surface area contributed by atoms with Crippen molar-refractivity contribution >= 4 is 11.8 Å². The van der Waals surface area contributed by atoms with Crippen molar-refractivity contribution in [1.82, 2.24) is 10.2 Å². The fourth-order valence-corrected chi connectivity index (χ4v) is 4.78. The third-order valence-corrected chi connectivity index (χ3v) is 5.83. The average molecular weight is 293 g/mol. The van der Waals surface area contributed by atoms with Crippen LogP contribution in [0.2, 0.25) is 0 Å². The Bertz CT molecular complexity index is 488. The van der Waals surface area contributed by atoms with E-state index in [1.807, 2.05) is 25.6 Å². The summed E-state index contributed by atoms with van der Waals surface area (Å²) in [6, 6.07) is 2.15. The van der Waals surface area contributed by atoms with E-state index in [0.717, 1.165) is 42.2 Å². The Morgan fingerprint density at radius 1 is 1.45 bits per heavy atom. The molecule has 5 heteroatoms. The number of nitrogens with two attached hydrogens (primary N) is 1. The lowest BCUT2D eigenvalue weighted by Crippen LogP contribution is -2.43. The van der Waals surface area contributed by atoms with E-state index in [9.17, 15) is 0 Å². The number of thioether (sulfide) groups is 1. The summed E-state index contributed by atoms with van der Waals surface area (Å²) in [5.41, 5.74) is 9.72. The molecule has 110 valence electrons. The maximum Gasteiger partial charge on any atom is 0.0783 e. The van der Waals surface area contributed by atoms with Crippen molar-refractivity contribution < 1.29 is 4.74 Å². The molecular weight excluding hydrogens is 270 g/mol. The van der Waals surface area contributed by atoms with Gasteiger partial charge in [-0.1, -0.05) is 0 Å². The van der Waals surface area contributed by atoms with Gasteiger partial charge < -0.3 is 10.5 Å². The van der Waals surface area contributed by atoms with Crippen molar-refractivity contribution in [2.24, 2.45) is 11.7 Å². The van der Waals surface area contributed by atoms with Gasteiger partial charge in [-0.3, -0.25) is 0 Å². The third-order valence-electron chi connectivity index (χ3n) is 4.61. The highest BCUT2D eigenvalue weighted by Gasteiger charge is 2.42. The van der Waals surface area contributed by atoms with Gasteiger partial charge in [0.1, 0.15) is 0 Å². The summed E-state index contributed by atoms with van der Waals surface area (Å²) < 4.78 is 6.09. The Morgan fingerprint density at radius 2 is 2.30 bits per heavy atom. The summed E-state index contributed by atoms with van der Waals surface area (Å²) in [5.74, 6) is 2.84. The van der Waals surface area contributed by atoms with Crippen LogP contribution < -0.4 is 5.73 Å². The first-order valence-corrected chi connectivity index (χ1v) is 8.53. The van der Waals surface area contributed by atoms with E-state index in [1.165, 1.54) is 12.2 Å². The Balaban J connectivity index is 1.79. The fraction of sp³-hybridized carbons (Fsp3) is 0.733. The molecule has 0 bridgehead atoms. The highest BCUT2D eigenvalue weighted by atomic mass is 32.2. The van der Waals surface area contributed by atoms with Crippen molar-refractivity contribution in [2.75, 3.05) is 18.1 Å². The molecule has 3 unspecified atom stereocenters. The average Bonchev–Trinajstić information content (AvgIpc) is 2.88. The van der Waals surface area contributed by atoms with Crippen LogP contribution in [0.4, 0.5) is 0 Å². The van der Waals surface area contributed by atoms with E-state index in [-0.39, 0.29) is 11.6 Å². The Kier molecular flexibility index (Phi) is 4.02. The first kappa shape index (κ1) is 14.3. The smallest absolute Gasteiger partial charge is 0.0783 e. The summed E-state index contributed by atoms with van der Waals surface area (Å²) in [4.78, 5) is 0. The normalized spacial score (nSPS) is 31.6. The van der Waals surface area contributed by atoms with Crippen molar-refractivity contribution in [2.45, 2.75) is 44.8 Å². The molecule has 2 saturated heterocycles. The van der Waals surface area contributed by atoms with Gasteiger partial charge in [0.25, 0.3) is 0 Å².